The molecule has 2 aromatic rings. The van der Waals surface area contributed by atoms with E-state index in [4.69, 9.17) is 11.6 Å². The number of likely N-dealkylation sites (N-methyl/N-ethyl adjacent to an activating group) is 1. The summed E-state index contributed by atoms with van der Waals surface area (Å²) in [5, 5.41) is 15.4. The largest absolute Gasteiger partial charge is 0.347 e. The normalized spacial score (nSPS) is 11.8. The maximum atomic E-state index is 12.3. The third kappa shape index (κ3) is 4.29. The molecule has 2 amide bonds. The Labute approximate surface area is 144 Å². The summed E-state index contributed by atoms with van der Waals surface area (Å²) >= 11 is 5.86. The Balaban J connectivity index is 2.09. The van der Waals surface area contributed by atoms with E-state index in [2.05, 4.69) is 20.7 Å². The molecule has 128 valence electrons. The lowest BCUT2D eigenvalue weighted by atomic mass is 10.2. The smallest absolute Gasteiger partial charge is 0.247 e. The van der Waals surface area contributed by atoms with Crippen LogP contribution < -0.4 is 5.32 Å². The van der Waals surface area contributed by atoms with Gasteiger partial charge in [0.15, 0.2) is 6.04 Å². The van der Waals surface area contributed by atoms with Crippen molar-refractivity contribution < 1.29 is 9.59 Å². The predicted molar refractivity (Wildman–Crippen MR) is 89.3 cm³/mol. The lowest BCUT2D eigenvalue weighted by Crippen LogP contribution is -2.40. The van der Waals surface area contributed by atoms with Crippen LogP contribution in [-0.2, 0) is 9.59 Å². The quantitative estimate of drug-likeness (QED) is 0.843. The van der Waals surface area contributed by atoms with Crippen LogP contribution in [0, 0.1) is 0 Å². The molecule has 0 aliphatic rings. The molecule has 0 spiro atoms. The molecule has 0 radical (unpaired) electrons. The maximum Gasteiger partial charge on any atom is 0.247 e. The van der Waals surface area contributed by atoms with Gasteiger partial charge in [0.1, 0.15) is 0 Å². The standard InChI is InChI=1S/C15H19ClN6O2/c1-4-12(15(24)17-9-13(23)21(2)3)22-19-14(18-20-22)10-5-7-11(16)8-6-10/h5-8,12H,4,9H2,1-3H3,(H,17,24)/t12-/m0/s1. The van der Waals surface area contributed by atoms with Crippen molar-refractivity contribution >= 4 is 23.4 Å². The zero-order chi connectivity index (χ0) is 17.7. The van der Waals surface area contributed by atoms with E-state index >= 15 is 0 Å². The lowest BCUT2D eigenvalue weighted by Gasteiger charge is -2.15. The average Bonchev–Trinajstić information content (AvgIpc) is 3.03. The lowest BCUT2D eigenvalue weighted by molar-refractivity contribution is -0.132. The van der Waals surface area contributed by atoms with Crippen molar-refractivity contribution in [3.8, 4) is 11.4 Å². The first-order valence-electron chi connectivity index (χ1n) is 7.45. The van der Waals surface area contributed by atoms with Crippen molar-refractivity contribution in [3.05, 3.63) is 29.3 Å². The number of nitrogens with one attached hydrogen (secondary N) is 1. The van der Waals surface area contributed by atoms with E-state index in [1.807, 2.05) is 6.92 Å². The summed E-state index contributed by atoms with van der Waals surface area (Å²) in [7, 11) is 3.26. The maximum absolute atomic E-state index is 12.3. The van der Waals surface area contributed by atoms with Gasteiger partial charge in [0.05, 0.1) is 6.54 Å². The Bertz CT molecular complexity index is 713. The van der Waals surface area contributed by atoms with E-state index in [1.54, 1.807) is 38.4 Å². The highest BCUT2D eigenvalue weighted by Crippen LogP contribution is 2.18. The Morgan fingerprint density at radius 3 is 2.54 bits per heavy atom. The Hall–Kier alpha value is -2.48. The third-order valence-corrected chi connectivity index (χ3v) is 3.66. The van der Waals surface area contributed by atoms with Crippen LogP contribution in [0.25, 0.3) is 11.4 Å². The summed E-state index contributed by atoms with van der Waals surface area (Å²) < 4.78 is 0. The summed E-state index contributed by atoms with van der Waals surface area (Å²) in [6, 6.07) is 6.39. The van der Waals surface area contributed by atoms with Gasteiger partial charge in [-0.3, -0.25) is 9.59 Å². The minimum absolute atomic E-state index is 0.0684. The van der Waals surface area contributed by atoms with Gasteiger partial charge in [-0.25, -0.2) is 0 Å². The second-order valence-corrected chi connectivity index (χ2v) is 5.81. The van der Waals surface area contributed by atoms with E-state index in [0.29, 0.717) is 17.3 Å². The number of benzene rings is 1. The molecule has 24 heavy (non-hydrogen) atoms. The first kappa shape index (κ1) is 17.9. The van der Waals surface area contributed by atoms with Crippen molar-refractivity contribution in [1.29, 1.82) is 0 Å². The van der Waals surface area contributed by atoms with E-state index in [1.165, 1.54) is 9.70 Å². The summed E-state index contributed by atoms with van der Waals surface area (Å²) in [4.78, 5) is 26.5. The molecular formula is C15H19ClN6O2. The van der Waals surface area contributed by atoms with Gasteiger partial charge in [-0.05, 0) is 35.9 Å². The second-order valence-electron chi connectivity index (χ2n) is 5.37. The highest BCUT2D eigenvalue weighted by molar-refractivity contribution is 6.30. The molecule has 0 unspecified atom stereocenters. The fourth-order valence-corrected chi connectivity index (χ4v) is 2.09. The summed E-state index contributed by atoms with van der Waals surface area (Å²) in [5.41, 5.74) is 0.753. The number of nitrogens with zero attached hydrogens (tertiary/aromatic N) is 5. The van der Waals surface area contributed by atoms with Crippen molar-refractivity contribution in [2.75, 3.05) is 20.6 Å². The van der Waals surface area contributed by atoms with Crippen LogP contribution in [0.1, 0.15) is 19.4 Å². The summed E-state index contributed by atoms with van der Waals surface area (Å²) in [5.74, 6) is -0.110. The molecule has 0 bridgehead atoms. The Kier molecular flexibility index (Phi) is 5.86. The van der Waals surface area contributed by atoms with Gasteiger partial charge in [0, 0.05) is 24.7 Å². The number of amides is 2. The van der Waals surface area contributed by atoms with Crippen LogP contribution in [0.2, 0.25) is 5.02 Å². The van der Waals surface area contributed by atoms with Gasteiger partial charge in [-0.15, -0.1) is 10.2 Å². The Morgan fingerprint density at radius 1 is 1.29 bits per heavy atom. The molecule has 0 aliphatic carbocycles. The van der Waals surface area contributed by atoms with Gasteiger partial charge in [-0.2, -0.15) is 4.80 Å². The zero-order valence-corrected chi connectivity index (χ0v) is 14.5. The van der Waals surface area contributed by atoms with E-state index in [-0.39, 0.29) is 18.4 Å². The van der Waals surface area contributed by atoms with E-state index in [0.717, 1.165) is 5.56 Å². The first-order chi connectivity index (χ1) is 11.4. The van der Waals surface area contributed by atoms with Crippen molar-refractivity contribution in [1.82, 2.24) is 30.4 Å². The van der Waals surface area contributed by atoms with Crippen LogP contribution in [-0.4, -0.2) is 57.6 Å². The van der Waals surface area contributed by atoms with Crippen LogP contribution in [0.15, 0.2) is 24.3 Å². The Morgan fingerprint density at radius 2 is 1.96 bits per heavy atom. The number of aromatic nitrogens is 4. The fourth-order valence-electron chi connectivity index (χ4n) is 1.96. The minimum Gasteiger partial charge on any atom is -0.347 e. The first-order valence-corrected chi connectivity index (χ1v) is 7.83. The molecule has 0 fully saturated rings. The fraction of sp³-hybridized carbons (Fsp3) is 0.400. The number of hydrogen-bond donors (Lipinski definition) is 1. The minimum atomic E-state index is -0.631. The number of halogens is 1. The van der Waals surface area contributed by atoms with Crippen LogP contribution >= 0.6 is 11.6 Å². The monoisotopic (exact) mass is 350 g/mol. The molecule has 0 aliphatic heterocycles. The van der Waals surface area contributed by atoms with E-state index in [9.17, 15) is 9.59 Å². The molecule has 1 heterocycles. The molecule has 1 N–H and O–H groups in total. The van der Waals surface area contributed by atoms with Crippen molar-refractivity contribution in [2.24, 2.45) is 0 Å². The predicted octanol–water partition coefficient (Wildman–Crippen LogP) is 1.15. The number of tetrazole rings is 1. The molecular weight excluding hydrogens is 332 g/mol. The number of carbonyl (C=O) groups excluding carboxylic acids is 2. The van der Waals surface area contributed by atoms with Crippen LogP contribution in [0.3, 0.4) is 0 Å². The van der Waals surface area contributed by atoms with E-state index < -0.39 is 6.04 Å². The molecule has 8 nitrogen and oxygen atoms in total. The number of hydrogen-bond acceptors (Lipinski definition) is 5. The number of carbonyl (C=O) groups is 2. The zero-order valence-electron chi connectivity index (χ0n) is 13.7. The topological polar surface area (TPSA) is 93.0 Å². The van der Waals surface area contributed by atoms with Crippen LogP contribution in [0.4, 0.5) is 0 Å². The highest BCUT2D eigenvalue weighted by Gasteiger charge is 2.22. The van der Waals surface area contributed by atoms with Gasteiger partial charge in [0.2, 0.25) is 17.6 Å². The molecule has 0 saturated heterocycles. The molecule has 0 saturated carbocycles. The van der Waals surface area contributed by atoms with Crippen molar-refractivity contribution in [3.63, 3.8) is 0 Å². The SMILES string of the molecule is CC[C@@H](C(=O)NCC(=O)N(C)C)n1nnc(-c2ccc(Cl)cc2)n1. The van der Waals surface area contributed by atoms with Gasteiger partial charge < -0.3 is 10.2 Å². The molecule has 1 atom stereocenters. The molecule has 1 aromatic heterocycles. The van der Waals surface area contributed by atoms with Crippen LogP contribution in [0.5, 0.6) is 0 Å². The van der Waals surface area contributed by atoms with Crippen molar-refractivity contribution in [2.45, 2.75) is 19.4 Å². The average molecular weight is 351 g/mol. The summed E-state index contributed by atoms with van der Waals surface area (Å²) in [6.45, 7) is 1.77. The molecule has 1 aromatic carbocycles. The van der Waals surface area contributed by atoms with Gasteiger partial charge in [-0.1, -0.05) is 18.5 Å². The summed E-state index contributed by atoms with van der Waals surface area (Å²) in [6.07, 6.45) is 0.471. The third-order valence-electron chi connectivity index (χ3n) is 3.41. The highest BCUT2D eigenvalue weighted by atomic mass is 35.5. The number of rotatable bonds is 6. The van der Waals surface area contributed by atoms with Gasteiger partial charge in [0.25, 0.3) is 0 Å². The second kappa shape index (κ2) is 7.87. The van der Waals surface area contributed by atoms with Gasteiger partial charge >= 0.3 is 0 Å². The molecule has 9 heteroatoms. The molecule has 2 rings (SSSR count).